The van der Waals surface area contributed by atoms with Crippen LogP contribution in [0, 0.1) is 0 Å². The van der Waals surface area contributed by atoms with Gasteiger partial charge in [-0.05, 0) is 18.2 Å². The van der Waals surface area contributed by atoms with Crippen molar-refractivity contribution in [1.82, 2.24) is 20.0 Å². The number of hydrogen-bond acceptors (Lipinski definition) is 4. The summed E-state index contributed by atoms with van der Waals surface area (Å²) in [6.45, 7) is 0.584. The van der Waals surface area contributed by atoms with Crippen LogP contribution < -0.4 is 4.74 Å². The first-order chi connectivity index (χ1) is 11.1. The second-order valence-electron chi connectivity index (χ2n) is 5.00. The number of nitrogens with zero attached hydrogens (tertiary/aromatic N) is 4. The predicted octanol–water partition coefficient (Wildman–Crippen LogP) is 4.22. The van der Waals surface area contributed by atoms with E-state index in [9.17, 15) is 0 Å². The van der Waals surface area contributed by atoms with Gasteiger partial charge < -0.3 is 4.74 Å². The second-order valence-corrected chi connectivity index (χ2v) is 6.23. The van der Waals surface area contributed by atoms with Gasteiger partial charge >= 0.3 is 0 Å². The fraction of sp³-hybridized carbons (Fsp3) is 0.133. The summed E-state index contributed by atoms with van der Waals surface area (Å²) in [7, 11) is 0. The topological polar surface area (TPSA) is 52.8 Å². The molecule has 0 N–H and O–H groups in total. The molecule has 1 aliphatic rings. The highest BCUT2D eigenvalue weighted by atomic mass is 35.5. The molecule has 1 aromatic carbocycles. The van der Waals surface area contributed by atoms with Crippen LogP contribution in [-0.2, 0) is 6.42 Å². The summed E-state index contributed by atoms with van der Waals surface area (Å²) < 4.78 is 7.31. The molecule has 4 rings (SSSR count). The molecule has 0 spiro atoms. The Kier molecular flexibility index (Phi) is 3.64. The molecule has 0 saturated carbocycles. The fourth-order valence-electron chi connectivity index (χ4n) is 2.61. The van der Waals surface area contributed by atoms with Crippen molar-refractivity contribution < 1.29 is 4.74 Å². The summed E-state index contributed by atoms with van der Waals surface area (Å²) in [6, 6.07) is 5.42. The first-order valence-electron chi connectivity index (χ1n) is 6.82. The Hall–Kier alpha value is -1.82. The van der Waals surface area contributed by atoms with E-state index < -0.39 is 0 Å². The standard InChI is InChI=1S/C15H9Cl3N4O/c16-8-1-2-12(22-7-13(18)20-21-22)9(5-8)14-10(17)6-19-11-3-4-23-15(11)14/h1-2,5-7H,3-4H2. The van der Waals surface area contributed by atoms with Crippen LogP contribution in [0.5, 0.6) is 5.75 Å². The molecule has 3 aromatic rings. The molecule has 0 amide bonds. The van der Waals surface area contributed by atoms with E-state index in [-0.39, 0.29) is 0 Å². The Balaban J connectivity index is 2.00. The smallest absolute Gasteiger partial charge is 0.171 e. The van der Waals surface area contributed by atoms with Gasteiger partial charge in [0.15, 0.2) is 5.15 Å². The van der Waals surface area contributed by atoms with Gasteiger partial charge in [-0.25, -0.2) is 4.68 Å². The molecule has 1 aliphatic heterocycles. The molecular weight excluding hydrogens is 359 g/mol. The van der Waals surface area contributed by atoms with Crippen molar-refractivity contribution in [1.29, 1.82) is 0 Å². The van der Waals surface area contributed by atoms with E-state index in [0.717, 1.165) is 28.9 Å². The molecule has 0 saturated heterocycles. The predicted molar refractivity (Wildman–Crippen MR) is 88.8 cm³/mol. The van der Waals surface area contributed by atoms with Crippen molar-refractivity contribution in [3.63, 3.8) is 0 Å². The van der Waals surface area contributed by atoms with Gasteiger partial charge in [-0.2, -0.15) is 0 Å². The zero-order chi connectivity index (χ0) is 16.0. The fourth-order valence-corrected chi connectivity index (χ4v) is 3.15. The third-order valence-corrected chi connectivity index (χ3v) is 4.28. The quantitative estimate of drug-likeness (QED) is 0.680. The molecule has 0 unspecified atom stereocenters. The lowest BCUT2D eigenvalue weighted by atomic mass is 10.0. The minimum atomic E-state index is 0.299. The Bertz CT molecular complexity index is 910. The molecule has 116 valence electrons. The lowest BCUT2D eigenvalue weighted by Crippen LogP contribution is -2.00. The summed E-state index contributed by atoms with van der Waals surface area (Å²) in [4.78, 5) is 4.33. The van der Waals surface area contributed by atoms with Gasteiger partial charge in [-0.15, -0.1) is 5.10 Å². The van der Waals surface area contributed by atoms with Gasteiger partial charge in [0.2, 0.25) is 0 Å². The monoisotopic (exact) mass is 366 g/mol. The van der Waals surface area contributed by atoms with Crippen molar-refractivity contribution in [2.45, 2.75) is 6.42 Å². The molecule has 5 nitrogen and oxygen atoms in total. The maximum atomic E-state index is 6.40. The van der Waals surface area contributed by atoms with E-state index in [1.807, 2.05) is 12.1 Å². The van der Waals surface area contributed by atoms with Crippen LogP contribution in [0.15, 0.2) is 30.6 Å². The Labute approximate surface area is 146 Å². The maximum Gasteiger partial charge on any atom is 0.171 e. The van der Waals surface area contributed by atoms with Gasteiger partial charge in [0.05, 0.1) is 29.2 Å². The van der Waals surface area contributed by atoms with Crippen molar-refractivity contribution in [3.05, 3.63) is 51.5 Å². The van der Waals surface area contributed by atoms with Crippen LogP contribution in [0.3, 0.4) is 0 Å². The maximum absolute atomic E-state index is 6.40. The minimum Gasteiger partial charge on any atom is -0.491 e. The molecule has 2 aromatic heterocycles. The molecule has 0 radical (unpaired) electrons. The van der Waals surface area contributed by atoms with Crippen molar-refractivity contribution in [2.75, 3.05) is 6.61 Å². The molecule has 0 aliphatic carbocycles. The number of pyridine rings is 1. The largest absolute Gasteiger partial charge is 0.491 e. The van der Waals surface area contributed by atoms with Crippen LogP contribution in [0.1, 0.15) is 5.69 Å². The summed E-state index contributed by atoms with van der Waals surface area (Å²) in [6.07, 6.45) is 4.00. The summed E-state index contributed by atoms with van der Waals surface area (Å²) in [5, 5.41) is 9.20. The average Bonchev–Trinajstić information content (AvgIpc) is 3.16. The zero-order valence-corrected chi connectivity index (χ0v) is 13.9. The van der Waals surface area contributed by atoms with Gasteiger partial charge in [0, 0.05) is 28.8 Å². The van der Waals surface area contributed by atoms with Crippen LogP contribution in [0.25, 0.3) is 16.8 Å². The third kappa shape index (κ3) is 2.55. The summed E-state index contributed by atoms with van der Waals surface area (Å²) in [5.74, 6) is 0.687. The first-order valence-corrected chi connectivity index (χ1v) is 7.95. The van der Waals surface area contributed by atoms with Crippen molar-refractivity contribution >= 4 is 34.8 Å². The highest BCUT2D eigenvalue weighted by molar-refractivity contribution is 6.34. The van der Waals surface area contributed by atoms with E-state index in [4.69, 9.17) is 39.5 Å². The van der Waals surface area contributed by atoms with Crippen molar-refractivity contribution in [3.8, 4) is 22.6 Å². The van der Waals surface area contributed by atoms with Crippen molar-refractivity contribution in [2.24, 2.45) is 0 Å². The highest BCUT2D eigenvalue weighted by Crippen LogP contribution is 2.43. The number of hydrogen-bond donors (Lipinski definition) is 0. The number of fused-ring (bicyclic) bond motifs is 1. The van der Waals surface area contributed by atoms with Gasteiger partial charge in [0.25, 0.3) is 0 Å². The second kappa shape index (κ2) is 5.67. The highest BCUT2D eigenvalue weighted by Gasteiger charge is 2.24. The number of aromatic nitrogens is 4. The van der Waals surface area contributed by atoms with Crippen LogP contribution in [0.2, 0.25) is 15.2 Å². The van der Waals surface area contributed by atoms with E-state index in [1.54, 1.807) is 23.1 Å². The van der Waals surface area contributed by atoms with E-state index in [0.29, 0.717) is 27.6 Å². The Morgan fingerprint density at radius 1 is 1.17 bits per heavy atom. The van der Waals surface area contributed by atoms with Gasteiger partial charge in [0.1, 0.15) is 5.75 Å². The zero-order valence-electron chi connectivity index (χ0n) is 11.6. The third-order valence-electron chi connectivity index (χ3n) is 3.59. The molecule has 0 fully saturated rings. The van der Waals surface area contributed by atoms with E-state index >= 15 is 0 Å². The van der Waals surface area contributed by atoms with Crippen LogP contribution >= 0.6 is 34.8 Å². The van der Waals surface area contributed by atoms with Gasteiger partial charge in [-0.3, -0.25) is 4.98 Å². The number of rotatable bonds is 2. The SMILES string of the molecule is Clc1ccc(-n2cc(Cl)nn2)c(-c2c(Cl)cnc3c2OCC3)c1. The molecule has 0 atom stereocenters. The normalized spacial score (nSPS) is 13.0. The molecule has 23 heavy (non-hydrogen) atoms. The molecular formula is C15H9Cl3N4O. The Morgan fingerprint density at radius 2 is 2.04 bits per heavy atom. The van der Waals surface area contributed by atoms with Crippen LogP contribution in [0.4, 0.5) is 0 Å². The van der Waals surface area contributed by atoms with E-state index in [1.165, 1.54) is 0 Å². The molecule has 8 heteroatoms. The molecule has 3 heterocycles. The lowest BCUT2D eigenvalue weighted by Gasteiger charge is -2.14. The first kappa shape index (κ1) is 14.8. The van der Waals surface area contributed by atoms with Gasteiger partial charge in [-0.1, -0.05) is 40.0 Å². The van der Waals surface area contributed by atoms with Crippen LogP contribution in [-0.4, -0.2) is 26.6 Å². The summed E-state index contributed by atoms with van der Waals surface area (Å²) >= 11 is 18.5. The van der Waals surface area contributed by atoms with E-state index in [2.05, 4.69) is 15.3 Å². The molecule has 0 bridgehead atoms. The minimum absolute atomic E-state index is 0.299. The summed E-state index contributed by atoms with van der Waals surface area (Å²) in [5.41, 5.74) is 3.16. The number of benzene rings is 1. The average molecular weight is 368 g/mol. The number of ether oxygens (including phenoxy) is 1. The lowest BCUT2D eigenvalue weighted by molar-refractivity contribution is 0.358. The number of halogens is 3. The Morgan fingerprint density at radius 3 is 2.83 bits per heavy atom.